The third kappa shape index (κ3) is 6.50. The van der Waals surface area contributed by atoms with Crippen LogP contribution in [0.5, 0.6) is 0 Å². The monoisotopic (exact) mass is 320 g/mol. The molecule has 2 amide bonds. The number of hydrogen-bond acceptors (Lipinski definition) is 3. The largest absolute Gasteiger partial charge is 0.481 e. The second-order valence-electron chi connectivity index (χ2n) is 5.72. The Hall–Kier alpha value is -2.37. The quantitative estimate of drug-likeness (QED) is 0.766. The van der Waals surface area contributed by atoms with Crippen LogP contribution in [0.2, 0.25) is 0 Å². The summed E-state index contributed by atoms with van der Waals surface area (Å²) in [7, 11) is 3.34. The number of rotatable bonds is 8. The van der Waals surface area contributed by atoms with E-state index in [1.807, 2.05) is 31.2 Å². The molecule has 0 aromatic heterocycles. The number of carbonyl (C=O) groups excluding carboxylic acids is 2. The molecule has 6 nitrogen and oxygen atoms in total. The number of hydrogen-bond donors (Lipinski definition) is 2. The average molecular weight is 320 g/mol. The van der Waals surface area contributed by atoms with Gasteiger partial charge in [0.15, 0.2) is 0 Å². The van der Waals surface area contributed by atoms with E-state index in [-0.39, 0.29) is 24.7 Å². The summed E-state index contributed by atoms with van der Waals surface area (Å²) in [6.07, 6.45) is 0.763. The maximum Gasteiger partial charge on any atom is 0.305 e. The van der Waals surface area contributed by atoms with E-state index in [9.17, 15) is 14.4 Å². The molecule has 0 fully saturated rings. The lowest BCUT2D eigenvalue weighted by Gasteiger charge is -2.19. The zero-order valence-corrected chi connectivity index (χ0v) is 13.8. The highest BCUT2D eigenvalue weighted by atomic mass is 16.4. The molecule has 0 radical (unpaired) electrons. The zero-order chi connectivity index (χ0) is 17.4. The number of aliphatic carboxylic acids is 1. The molecular formula is C17H24N2O4. The number of nitrogens with zero attached hydrogens (tertiary/aromatic N) is 1. The van der Waals surface area contributed by atoms with Crippen LogP contribution in [0, 0.1) is 6.92 Å². The fraction of sp³-hybridized carbons (Fsp3) is 0.471. The predicted molar refractivity (Wildman–Crippen MR) is 86.9 cm³/mol. The molecule has 6 heteroatoms. The lowest BCUT2D eigenvalue weighted by molar-refractivity contribution is -0.137. The Morgan fingerprint density at radius 2 is 1.83 bits per heavy atom. The van der Waals surface area contributed by atoms with Gasteiger partial charge in [-0.2, -0.15) is 0 Å². The highest BCUT2D eigenvalue weighted by Gasteiger charge is 2.19. The number of amides is 2. The number of carboxylic acids is 1. The topological polar surface area (TPSA) is 86.7 Å². The lowest BCUT2D eigenvalue weighted by Crippen LogP contribution is -2.30. The van der Waals surface area contributed by atoms with Gasteiger partial charge in [0.05, 0.1) is 12.5 Å². The number of benzene rings is 1. The van der Waals surface area contributed by atoms with Crippen molar-refractivity contribution in [3.8, 4) is 0 Å². The van der Waals surface area contributed by atoms with Crippen LogP contribution >= 0.6 is 0 Å². The fourth-order valence-corrected chi connectivity index (χ4v) is 2.28. The van der Waals surface area contributed by atoms with Gasteiger partial charge in [0.25, 0.3) is 0 Å². The van der Waals surface area contributed by atoms with Gasteiger partial charge in [0.2, 0.25) is 11.8 Å². The van der Waals surface area contributed by atoms with Crippen LogP contribution in [-0.4, -0.2) is 41.9 Å². The van der Waals surface area contributed by atoms with Crippen molar-refractivity contribution in [2.75, 3.05) is 14.1 Å². The van der Waals surface area contributed by atoms with E-state index in [2.05, 4.69) is 5.32 Å². The van der Waals surface area contributed by atoms with Gasteiger partial charge in [-0.15, -0.1) is 0 Å². The Morgan fingerprint density at radius 3 is 2.39 bits per heavy atom. The second kappa shape index (κ2) is 8.92. The maximum atomic E-state index is 12.0. The third-order valence-corrected chi connectivity index (χ3v) is 3.57. The van der Waals surface area contributed by atoms with E-state index >= 15 is 0 Å². The molecule has 0 aliphatic heterocycles. The SMILES string of the molecule is Cc1ccccc1C(CC(=O)O)NC(=O)CCCC(=O)N(C)C. The van der Waals surface area contributed by atoms with Crippen molar-refractivity contribution in [2.45, 2.75) is 38.6 Å². The van der Waals surface area contributed by atoms with Crippen LogP contribution < -0.4 is 5.32 Å². The Bertz CT molecular complexity index is 569. The van der Waals surface area contributed by atoms with Gasteiger partial charge in [0, 0.05) is 26.9 Å². The first kappa shape index (κ1) is 18.7. The van der Waals surface area contributed by atoms with Gasteiger partial charge in [-0.3, -0.25) is 14.4 Å². The third-order valence-electron chi connectivity index (χ3n) is 3.57. The second-order valence-corrected chi connectivity index (χ2v) is 5.72. The van der Waals surface area contributed by atoms with Crippen molar-refractivity contribution < 1.29 is 19.5 Å². The van der Waals surface area contributed by atoms with Crippen LogP contribution in [0.3, 0.4) is 0 Å². The molecule has 1 unspecified atom stereocenters. The highest BCUT2D eigenvalue weighted by Crippen LogP contribution is 2.21. The summed E-state index contributed by atoms with van der Waals surface area (Å²) in [5, 5.41) is 11.8. The molecule has 1 rings (SSSR count). The van der Waals surface area contributed by atoms with E-state index in [0.29, 0.717) is 12.8 Å². The molecule has 0 aliphatic carbocycles. The summed E-state index contributed by atoms with van der Waals surface area (Å²) in [6, 6.07) is 6.82. The van der Waals surface area contributed by atoms with Crippen LogP contribution in [0.1, 0.15) is 42.9 Å². The van der Waals surface area contributed by atoms with Crippen LogP contribution in [-0.2, 0) is 14.4 Å². The smallest absolute Gasteiger partial charge is 0.305 e. The molecule has 0 spiro atoms. The van der Waals surface area contributed by atoms with Crippen molar-refractivity contribution in [2.24, 2.45) is 0 Å². The summed E-state index contributed by atoms with van der Waals surface area (Å²) in [4.78, 5) is 36.1. The molecule has 1 aromatic carbocycles. The number of carbonyl (C=O) groups is 3. The minimum Gasteiger partial charge on any atom is -0.481 e. The van der Waals surface area contributed by atoms with Crippen molar-refractivity contribution in [3.05, 3.63) is 35.4 Å². The lowest BCUT2D eigenvalue weighted by atomic mass is 9.98. The minimum atomic E-state index is -0.971. The highest BCUT2D eigenvalue weighted by molar-refractivity contribution is 5.79. The Kier molecular flexibility index (Phi) is 7.25. The van der Waals surface area contributed by atoms with Crippen molar-refractivity contribution in [3.63, 3.8) is 0 Å². The van der Waals surface area contributed by atoms with Gasteiger partial charge < -0.3 is 15.3 Å². The van der Waals surface area contributed by atoms with E-state index in [0.717, 1.165) is 11.1 Å². The van der Waals surface area contributed by atoms with E-state index in [4.69, 9.17) is 5.11 Å². The Balaban J connectivity index is 2.64. The first-order valence-corrected chi connectivity index (χ1v) is 7.58. The molecule has 23 heavy (non-hydrogen) atoms. The maximum absolute atomic E-state index is 12.0. The molecule has 0 bridgehead atoms. The first-order chi connectivity index (χ1) is 10.8. The summed E-state index contributed by atoms with van der Waals surface area (Å²) in [5.74, 6) is -1.24. The van der Waals surface area contributed by atoms with Crippen LogP contribution in [0.15, 0.2) is 24.3 Å². The number of carboxylic acid groups (broad SMARTS) is 1. The van der Waals surface area contributed by atoms with Crippen molar-refractivity contribution in [1.82, 2.24) is 10.2 Å². The fourth-order valence-electron chi connectivity index (χ4n) is 2.28. The molecule has 0 aliphatic rings. The molecule has 0 saturated carbocycles. The van der Waals surface area contributed by atoms with Crippen LogP contribution in [0.4, 0.5) is 0 Å². The minimum absolute atomic E-state index is 0.0289. The molecule has 0 heterocycles. The van der Waals surface area contributed by atoms with Crippen LogP contribution in [0.25, 0.3) is 0 Å². The molecule has 1 atom stereocenters. The van der Waals surface area contributed by atoms with Gasteiger partial charge in [0.1, 0.15) is 0 Å². The average Bonchev–Trinajstić information content (AvgIpc) is 2.46. The van der Waals surface area contributed by atoms with Gasteiger partial charge in [-0.25, -0.2) is 0 Å². The summed E-state index contributed by atoms with van der Waals surface area (Å²) in [5.41, 5.74) is 1.73. The number of nitrogens with one attached hydrogen (secondary N) is 1. The molecule has 126 valence electrons. The standard InChI is InChI=1S/C17H24N2O4/c1-12-7-4-5-8-13(12)14(11-17(22)23)18-15(20)9-6-10-16(21)19(2)3/h4-5,7-8,14H,6,9-11H2,1-3H3,(H,18,20)(H,22,23). The molecule has 0 saturated heterocycles. The predicted octanol–water partition coefficient (Wildman–Crippen LogP) is 1.89. The van der Waals surface area contributed by atoms with E-state index < -0.39 is 12.0 Å². The first-order valence-electron chi connectivity index (χ1n) is 7.58. The van der Waals surface area contributed by atoms with E-state index in [1.165, 1.54) is 4.90 Å². The number of aryl methyl sites for hydroxylation is 1. The summed E-state index contributed by atoms with van der Waals surface area (Å²) in [6.45, 7) is 1.88. The summed E-state index contributed by atoms with van der Waals surface area (Å²) < 4.78 is 0. The Labute approximate surface area is 136 Å². The Morgan fingerprint density at radius 1 is 1.17 bits per heavy atom. The zero-order valence-electron chi connectivity index (χ0n) is 13.8. The van der Waals surface area contributed by atoms with Gasteiger partial charge in [-0.05, 0) is 24.5 Å². The molecule has 2 N–H and O–H groups in total. The summed E-state index contributed by atoms with van der Waals surface area (Å²) >= 11 is 0. The van der Waals surface area contributed by atoms with Gasteiger partial charge >= 0.3 is 5.97 Å². The van der Waals surface area contributed by atoms with Crippen molar-refractivity contribution in [1.29, 1.82) is 0 Å². The van der Waals surface area contributed by atoms with Gasteiger partial charge in [-0.1, -0.05) is 24.3 Å². The molecular weight excluding hydrogens is 296 g/mol. The van der Waals surface area contributed by atoms with E-state index in [1.54, 1.807) is 14.1 Å². The van der Waals surface area contributed by atoms with Crippen molar-refractivity contribution >= 4 is 17.8 Å². The normalized spacial score (nSPS) is 11.6. The molecule has 1 aromatic rings.